The van der Waals surface area contributed by atoms with Crippen molar-refractivity contribution in [2.75, 3.05) is 19.1 Å². The lowest BCUT2D eigenvalue weighted by Crippen LogP contribution is -2.66. The Morgan fingerprint density at radius 3 is 2.63 bits per heavy atom. The third-order valence-electron chi connectivity index (χ3n) is 8.04. The fourth-order valence-electron chi connectivity index (χ4n) is 5.69. The van der Waals surface area contributed by atoms with Crippen LogP contribution in [-0.2, 0) is 11.3 Å². The lowest BCUT2D eigenvalue weighted by atomic mass is 9.77. The average Bonchev–Trinajstić information content (AvgIpc) is 3.44. The minimum atomic E-state index is -1.13. The number of hydrogen-bond donors (Lipinski definition) is 1. The summed E-state index contributed by atoms with van der Waals surface area (Å²) in [4.78, 5) is 29.7. The van der Waals surface area contributed by atoms with E-state index in [1.807, 2.05) is 35.1 Å². The number of ether oxygens (including phenoxy) is 2. The Hall–Kier alpha value is -3.00. The normalized spacial score (nSPS) is 26.5. The van der Waals surface area contributed by atoms with Crippen molar-refractivity contribution in [2.24, 2.45) is 11.8 Å². The van der Waals surface area contributed by atoms with Crippen LogP contribution in [0.1, 0.15) is 50.5 Å². The number of nitrogens with zero attached hydrogens (tertiary/aromatic N) is 2. The van der Waals surface area contributed by atoms with Crippen molar-refractivity contribution in [1.82, 2.24) is 9.88 Å². The van der Waals surface area contributed by atoms with Crippen LogP contribution in [0.2, 0.25) is 0 Å². The maximum absolute atomic E-state index is 14.1. The number of fused-ring (bicyclic) bond motifs is 3. The minimum Gasteiger partial charge on any atom is -0.493 e. The maximum atomic E-state index is 14.1. The third kappa shape index (κ3) is 3.78. The van der Waals surface area contributed by atoms with Crippen molar-refractivity contribution < 1.29 is 19.1 Å². The fourth-order valence-corrected chi connectivity index (χ4v) is 6.51. The Balaban J connectivity index is 1.60. The summed E-state index contributed by atoms with van der Waals surface area (Å²) >= 11 is 1.60. The highest BCUT2D eigenvalue weighted by molar-refractivity contribution is 7.17. The number of thiophene rings is 1. The number of carbonyl (C=O) groups is 2. The van der Waals surface area contributed by atoms with E-state index in [0.717, 1.165) is 23.1 Å². The van der Waals surface area contributed by atoms with Gasteiger partial charge in [0.1, 0.15) is 11.2 Å². The molecule has 186 valence electrons. The zero-order valence-corrected chi connectivity index (χ0v) is 21.8. The maximum Gasteiger partial charge on any atom is 0.275 e. The van der Waals surface area contributed by atoms with Crippen LogP contribution < -0.4 is 19.7 Å². The summed E-state index contributed by atoms with van der Waals surface area (Å²) in [6.07, 6.45) is 3.24. The molecule has 4 unspecified atom stereocenters. The van der Waals surface area contributed by atoms with Gasteiger partial charge < -0.3 is 19.4 Å². The monoisotopic (exact) mass is 495 g/mol. The molecule has 1 aliphatic heterocycles. The highest BCUT2D eigenvalue weighted by Gasteiger charge is 2.49. The molecule has 1 fully saturated rings. The van der Waals surface area contributed by atoms with Gasteiger partial charge in [-0.15, -0.1) is 11.3 Å². The van der Waals surface area contributed by atoms with E-state index in [2.05, 4.69) is 19.2 Å². The lowest BCUT2D eigenvalue weighted by Gasteiger charge is -2.45. The van der Waals surface area contributed by atoms with Crippen LogP contribution in [0.25, 0.3) is 10.2 Å². The number of hydrogen-bond acceptors (Lipinski definition) is 5. The molecule has 0 radical (unpaired) electrons. The van der Waals surface area contributed by atoms with E-state index in [1.165, 1.54) is 6.42 Å². The predicted octanol–water partition coefficient (Wildman–Crippen LogP) is 5.08. The fraction of sp³-hybridized carbons (Fsp3) is 0.481. The van der Waals surface area contributed by atoms with Crippen LogP contribution in [0.4, 0.5) is 5.69 Å². The number of methoxy groups -OCH3 is 2. The van der Waals surface area contributed by atoms with Crippen LogP contribution in [-0.4, -0.2) is 42.2 Å². The first-order valence-corrected chi connectivity index (χ1v) is 13.1. The van der Waals surface area contributed by atoms with E-state index in [0.29, 0.717) is 41.3 Å². The van der Waals surface area contributed by atoms with Crippen LogP contribution in [0.3, 0.4) is 0 Å². The molecule has 1 N–H and O–H groups in total. The number of carbonyl (C=O) groups excluding carboxylic acids is 2. The van der Waals surface area contributed by atoms with Crippen molar-refractivity contribution in [2.45, 2.75) is 58.2 Å². The Bertz CT molecular complexity index is 1280. The van der Waals surface area contributed by atoms with Crippen molar-refractivity contribution >= 4 is 39.1 Å². The van der Waals surface area contributed by atoms with Crippen molar-refractivity contribution in [3.05, 3.63) is 41.4 Å². The zero-order valence-electron chi connectivity index (χ0n) is 21.0. The van der Waals surface area contributed by atoms with E-state index in [4.69, 9.17) is 9.47 Å². The number of anilines is 1. The van der Waals surface area contributed by atoms with Gasteiger partial charge in [0.25, 0.3) is 5.91 Å². The standard InChI is InChI=1S/C27H33N3O4S/c1-16-7-6-8-19(17(16)2)28-26(32)27(3)15-29-20-11-12-35-24(20)14-21(29)25(31)30(27)18-9-10-22(33-4)23(13-18)34-5/h9-14,16-17,19H,6-8,15H2,1-5H3,(H,28,32). The van der Waals surface area contributed by atoms with Crippen LogP contribution in [0, 0.1) is 11.8 Å². The molecule has 5 rings (SSSR count). The van der Waals surface area contributed by atoms with Gasteiger partial charge in [-0.25, -0.2) is 0 Å². The second-order valence-corrected chi connectivity index (χ2v) is 11.0. The van der Waals surface area contributed by atoms with Gasteiger partial charge in [-0.05, 0) is 54.8 Å². The highest BCUT2D eigenvalue weighted by atomic mass is 32.1. The molecule has 1 aromatic carbocycles. The summed E-state index contributed by atoms with van der Waals surface area (Å²) in [6, 6.07) is 9.41. The van der Waals surface area contributed by atoms with E-state index in [-0.39, 0.29) is 17.9 Å². The predicted molar refractivity (Wildman–Crippen MR) is 139 cm³/mol. The molecule has 3 aromatic rings. The molecule has 0 saturated heterocycles. The van der Waals surface area contributed by atoms with Gasteiger partial charge in [0, 0.05) is 17.8 Å². The van der Waals surface area contributed by atoms with E-state index < -0.39 is 5.54 Å². The Morgan fingerprint density at radius 2 is 1.89 bits per heavy atom. The van der Waals surface area contributed by atoms with Crippen molar-refractivity contribution in [3.63, 3.8) is 0 Å². The molecule has 4 atom stereocenters. The van der Waals surface area contributed by atoms with Gasteiger partial charge in [0.15, 0.2) is 11.5 Å². The second-order valence-electron chi connectivity index (χ2n) is 10.1. The van der Waals surface area contributed by atoms with Crippen molar-refractivity contribution in [3.8, 4) is 11.5 Å². The Labute approximate surface area is 210 Å². The first-order valence-electron chi connectivity index (χ1n) is 12.2. The van der Waals surface area contributed by atoms with Crippen molar-refractivity contribution in [1.29, 1.82) is 0 Å². The smallest absolute Gasteiger partial charge is 0.275 e. The first kappa shape index (κ1) is 23.7. The van der Waals surface area contributed by atoms with E-state index in [9.17, 15) is 9.59 Å². The molecule has 1 saturated carbocycles. The second kappa shape index (κ2) is 8.90. The quantitative estimate of drug-likeness (QED) is 0.536. The average molecular weight is 496 g/mol. The van der Waals surface area contributed by atoms with E-state index >= 15 is 0 Å². The Kier molecular flexibility index (Phi) is 6.03. The number of aromatic nitrogens is 1. The van der Waals surface area contributed by atoms with Crippen LogP contribution in [0.5, 0.6) is 11.5 Å². The summed E-state index contributed by atoms with van der Waals surface area (Å²) in [5.74, 6) is 1.69. The Morgan fingerprint density at radius 1 is 1.11 bits per heavy atom. The zero-order chi connectivity index (χ0) is 24.9. The largest absolute Gasteiger partial charge is 0.493 e. The molecule has 0 spiro atoms. The van der Waals surface area contributed by atoms with Gasteiger partial charge >= 0.3 is 0 Å². The van der Waals surface area contributed by atoms with Crippen LogP contribution in [0.15, 0.2) is 35.7 Å². The lowest BCUT2D eigenvalue weighted by molar-refractivity contribution is -0.128. The summed E-state index contributed by atoms with van der Waals surface area (Å²) in [7, 11) is 3.14. The number of amides is 2. The molecular weight excluding hydrogens is 462 g/mol. The number of benzene rings is 1. The SMILES string of the molecule is COc1ccc(N2C(=O)c3cc4sccc4n3CC2(C)C(=O)NC2CCCC(C)C2C)cc1OC. The molecule has 2 aliphatic rings. The molecule has 1 aliphatic carbocycles. The molecule has 8 heteroatoms. The summed E-state index contributed by atoms with van der Waals surface area (Å²) < 4.78 is 14.0. The van der Waals surface area contributed by atoms with Gasteiger partial charge in [-0.3, -0.25) is 14.5 Å². The first-order chi connectivity index (χ1) is 16.8. The number of rotatable bonds is 5. The molecular formula is C27H33N3O4S. The topological polar surface area (TPSA) is 72.8 Å². The van der Waals surface area contributed by atoms with Gasteiger partial charge in [0.2, 0.25) is 5.91 Å². The minimum absolute atomic E-state index is 0.0951. The number of nitrogens with one attached hydrogen (secondary N) is 1. The van der Waals surface area contributed by atoms with E-state index in [1.54, 1.807) is 42.6 Å². The summed E-state index contributed by atoms with van der Waals surface area (Å²) in [5, 5.41) is 5.37. The molecule has 3 heterocycles. The third-order valence-corrected chi connectivity index (χ3v) is 8.90. The van der Waals surface area contributed by atoms with Gasteiger partial charge in [-0.1, -0.05) is 26.7 Å². The highest BCUT2D eigenvalue weighted by Crippen LogP contribution is 2.40. The molecule has 2 amide bonds. The summed E-state index contributed by atoms with van der Waals surface area (Å²) in [6.45, 7) is 6.71. The summed E-state index contributed by atoms with van der Waals surface area (Å²) in [5.41, 5.74) is 1.06. The molecule has 7 nitrogen and oxygen atoms in total. The molecule has 35 heavy (non-hydrogen) atoms. The molecule has 0 bridgehead atoms. The van der Waals surface area contributed by atoms with Gasteiger partial charge in [-0.2, -0.15) is 0 Å². The molecule has 2 aromatic heterocycles. The van der Waals surface area contributed by atoms with Gasteiger partial charge in [0.05, 0.1) is 31.0 Å². The van der Waals surface area contributed by atoms with Crippen LogP contribution >= 0.6 is 11.3 Å².